The molecule has 2 aromatic rings. The van der Waals surface area contributed by atoms with Crippen molar-refractivity contribution >= 4 is 45.4 Å². The lowest BCUT2D eigenvalue weighted by Crippen LogP contribution is -2.38. The highest BCUT2D eigenvalue weighted by molar-refractivity contribution is 7.80. The van der Waals surface area contributed by atoms with Gasteiger partial charge in [-0.2, -0.15) is 0 Å². The molecule has 0 aliphatic carbocycles. The van der Waals surface area contributed by atoms with E-state index in [9.17, 15) is 13.6 Å². The first-order valence-corrected chi connectivity index (χ1v) is 8.97. The minimum Gasteiger partial charge on any atom is -0.755 e. The van der Waals surface area contributed by atoms with E-state index in [1.165, 1.54) is 6.20 Å². The third-order valence-corrected chi connectivity index (χ3v) is 4.21. The van der Waals surface area contributed by atoms with Crippen LogP contribution in [0.2, 0.25) is 5.15 Å². The molecule has 1 heterocycles. The number of carbonyl (C=O) groups is 1. The van der Waals surface area contributed by atoms with Gasteiger partial charge >= 0.3 is 6.09 Å². The Kier molecular flexibility index (Phi) is 6.21. The normalized spacial score (nSPS) is 12.7. The number of pyridine rings is 1. The lowest BCUT2D eigenvalue weighted by atomic mass is 10.1. The number of hydrogen-bond donors (Lipinski definition) is 1. The SMILES string of the molecule is CC(C)(C)OC(=O)NCCN(c1cccc2c(Cl)nccc12)S(=O)[O-]. The number of aromatic nitrogens is 1. The first kappa shape index (κ1) is 19.4. The molecule has 1 atom stereocenters. The number of rotatable bonds is 5. The van der Waals surface area contributed by atoms with Gasteiger partial charge in [0.2, 0.25) is 0 Å². The van der Waals surface area contributed by atoms with Crippen LogP contribution in [0.3, 0.4) is 0 Å². The van der Waals surface area contributed by atoms with E-state index in [-0.39, 0.29) is 13.1 Å². The zero-order valence-electron chi connectivity index (χ0n) is 14.1. The van der Waals surface area contributed by atoms with Crippen LogP contribution in [0.1, 0.15) is 20.8 Å². The molecule has 2 rings (SSSR count). The molecule has 1 aromatic heterocycles. The van der Waals surface area contributed by atoms with Crippen molar-refractivity contribution in [2.75, 3.05) is 17.4 Å². The molecule has 0 spiro atoms. The fourth-order valence-electron chi connectivity index (χ4n) is 2.22. The number of carbonyl (C=O) groups excluding carboxylic acids is 1. The highest BCUT2D eigenvalue weighted by Crippen LogP contribution is 2.30. The molecule has 136 valence electrons. The van der Waals surface area contributed by atoms with Gasteiger partial charge in [-0.3, -0.25) is 4.21 Å². The number of benzene rings is 1. The molecule has 0 saturated carbocycles. The number of nitrogens with zero attached hydrogens (tertiary/aromatic N) is 2. The van der Waals surface area contributed by atoms with E-state index in [1.54, 1.807) is 45.0 Å². The average Bonchev–Trinajstić information content (AvgIpc) is 2.50. The first-order valence-electron chi connectivity index (χ1n) is 7.56. The molecule has 1 amide bonds. The quantitative estimate of drug-likeness (QED) is 0.631. The standard InChI is InChI=1S/C16H20ClN3O4S/c1-16(2,3)24-15(21)19-9-10-20(25(22)23)13-6-4-5-12-11(13)7-8-18-14(12)17/h4-8H,9-10H2,1-3H3,(H,19,21)(H,22,23)/p-1. The minimum atomic E-state index is -2.52. The van der Waals surface area contributed by atoms with Gasteiger partial charge in [0.15, 0.2) is 0 Å². The van der Waals surface area contributed by atoms with E-state index in [4.69, 9.17) is 16.3 Å². The predicted octanol–water partition coefficient (Wildman–Crippen LogP) is 3.01. The third-order valence-electron chi connectivity index (χ3n) is 3.17. The number of anilines is 1. The molecular weight excluding hydrogens is 366 g/mol. The van der Waals surface area contributed by atoms with Gasteiger partial charge < -0.3 is 18.9 Å². The molecule has 0 radical (unpaired) electrons. The molecular formula is C16H19ClN3O4S-. The summed E-state index contributed by atoms with van der Waals surface area (Å²) in [6, 6.07) is 6.82. The molecule has 0 saturated heterocycles. The maximum atomic E-state index is 11.7. The van der Waals surface area contributed by atoms with Crippen LogP contribution in [0.25, 0.3) is 10.8 Å². The summed E-state index contributed by atoms with van der Waals surface area (Å²) in [5.74, 6) is 0. The van der Waals surface area contributed by atoms with E-state index in [0.717, 1.165) is 4.31 Å². The average molecular weight is 385 g/mol. The first-order chi connectivity index (χ1) is 11.7. The van der Waals surface area contributed by atoms with Gasteiger partial charge in [-0.05, 0) is 32.9 Å². The summed E-state index contributed by atoms with van der Waals surface area (Å²) in [5, 5.41) is 4.14. The van der Waals surface area contributed by atoms with Gasteiger partial charge in [-0.1, -0.05) is 23.7 Å². The zero-order valence-corrected chi connectivity index (χ0v) is 15.7. The number of amides is 1. The van der Waals surface area contributed by atoms with Crippen LogP contribution in [-0.2, 0) is 16.0 Å². The second-order valence-corrected chi connectivity index (χ2v) is 7.45. The van der Waals surface area contributed by atoms with Crippen LogP contribution >= 0.6 is 11.6 Å². The van der Waals surface area contributed by atoms with Gasteiger partial charge in [-0.25, -0.2) is 9.78 Å². The summed E-state index contributed by atoms with van der Waals surface area (Å²) < 4.78 is 29.6. The Morgan fingerprint density at radius 1 is 1.36 bits per heavy atom. The van der Waals surface area contributed by atoms with Gasteiger partial charge in [0.05, 0.1) is 5.69 Å². The number of hydrogen-bond acceptors (Lipinski definition) is 5. The molecule has 9 heteroatoms. The summed E-state index contributed by atoms with van der Waals surface area (Å²) in [6.45, 7) is 5.39. The number of halogens is 1. The number of fused-ring (bicyclic) bond motifs is 1. The lowest BCUT2D eigenvalue weighted by Gasteiger charge is -2.28. The van der Waals surface area contributed by atoms with E-state index >= 15 is 0 Å². The van der Waals surface area contributed by atoms with Crippen LogP contribution in [0.4, 0.5) is 10.5 Å². The Hall–Kier alpha value is -1.90. The summed E-state index contributed by atoms with van der Waals surface area (Å²) in [7, 11) is 0. The van der Waals surface area contributed by atoms with Crippen LogP contribution in [0, 0.1) is 0 Å². The molecule has 1 unspecified atom stereocenters. The predicted molar refractivity (Wildman–Crippen MR) is 97.3 cm³/mol. The maximum Gasteiger partial charge on any atom is 0.407 e. The lowest BCUT2D eigenvalue weighted by molar-refractivity contribution is 0.0529. The highest BCUT2D eigenvalue weighted by atomic mass is 35.5. The van der Waals surface area contributed by atoms with Crippen molar-refractivity contribution in [3.8, 4) is 0 Å². The largest absolute Gasteiger partial charge is 0.755 e. The van der Waals surface area contributed by atoms with E-state index in [2.05, 4.69) is 10.3 Å². The molecule has 1 N–H and O–H groups in total. The number of ether oxygens (including phenoxy) is 1. The second-order valence-electron chi connectivity index (χ2n) is 6.22. The van der Waals surface area contributed by atoms with Crippen LogP contribution in [0.15, 0.2) is 30.5 Å². The van der Waals surface area contributed by atoms with E-state index in [1.807, 2.05) is 0 Å². The van der Waals surface area contributed by atoms with Crippen molar-refractivity contribution in [2.24, 2.45) is 0 Å². The van der Waals surface area contributed by atoms with Crippen molar-refractivity contribution < 1.29 is 18.3 Å². The summed E-state index contributed by atoms with van der Waals surface area (Å²) in [5.41, 5.74) is -0.161. The minimum absolute atomic E-state index is 0.0500. The number of alkyl carbamates (subject to hydrolysis) is 1. The van der Waals surface area contributed by atoms with Crippen molar-refractivity contribution in [2.45, 2.75) is 26.4 Å². The van der Waals surface area contributed by atoms with Gasteiger partial charge in [0.25, 0.3) is 0 Å². The fraction of sp³-hybridized carbons (Fsp3) is 0.375. The van der Waals surface area contributed by atoms with Crippen molar-refractivity contribution in [1.29, 1.82) is 0 Å². The van der Waals surface area contributed by atoms with Gasteiger partial charge in [0.1, 0.15) is 10.8 Å². The summed E-state index contributed by atoms with van der Waals surface area (Å²) >= 11 is 3.54. The van der Waals surface area contributed by atoms with Gasteiger partial charge in [0, 0.05) is 41.3 Å². The maximum absolute atomic E-state index is 11.7. The van der Waals surface area contributed by atoms with Crippen LogP contribution < -0.4 is 9.62 Å². The molecule has 0 aliphatic heterocycles. The molecule has 25 heavy (non-hydrogen) atoms. The summed E-state index contributed by atoms with van der Waals surface area (Å²) in [4.78, 5) is 15.7. The zero-order chi connectivity index (χ0) is 18.6. The summed E-state index contributed by atoms with van der Waals surface area (Å²) in [6.07, 6.45) is 0.910. The Morgan fingerprint density at radius 2 is 2.08 bits per heavy atom. The third kappa shape index (κ3) is 5.29. The van der Waals surface area contributed by atoms with Crippen molar-refractivity contribution in [3.63, 3.8) is 0 Å². The topological polar surface area (TPSA) is 94.6 Å². The Balaban J connectivity index is 2.16. The van der Waals surface area contributed by atoms with E-state index in [0.29, 0.717) is 21.6 Å². The Labute approximate surface area is 153 Å². The molecule has 0 bridgehead atoms. The van der Waals surface area contributed by atoms with Crippen molar-refractivity contribution in [1.82, 2.24) is 10.3 Å². The molecule has 1 aromatic carbocycles. The monoisotopic (exact) mass is 384 g/mol. The Bertz CT molecular complexity index is 795. The molecule has 0 aliphatic rings. The molecule has 7 nitrogen and oxygen atoms in total. The van der Waals surface area contributed by atoms with Gasteiger partial charge in [-0.15, -0.1) is 0 Å². The smallest absolute Gasteiger partial charge is 0.407 e. The number of nitrogens with one attached hydrogen (secondary N) is 1. The van der Waals surface area contributed by atoms with Crippen LogP contribution in [0.5, 0.6) is 0 Å². The van der Waals surface area contributed by atoms with Crippen LogP contribution in [-0.4, -0.2) is 38.5 Å². The Morgan fingerprint density at radius 3 is 2.72 bits per heavy atom. The fourth-order valence-corrected chi connectivity index (χ4v) is 3.00. The highest BCUT2D eigenvalue weighted by Gasteiger charge is 2.17. The molecule has 0 fully saturated rings. The van der Waals surface area contributed by atoms with Crippen molar-refractivity contribution in [3.05, 3.63) is 35.6 Å². The van der Waals surface area contributed by atoms with E-state index < -0.39 is 23.0 Å². The second kappa shape index (κ2) is 7.99.